The van der Waals surface area contributed by atoms with Crippen molar-refractivity contribution in [3.8, 4) is 6.07 Å². The van der Waals surface area contributed by atoms with Crippen LogP contribution < -0.4 is 15.8 Å². The van der Waals surface area contributed by atoms with Crippen molar-refractivity contribution in [2.75, 3.05) is 13.1 Å². The highest BCUT2D eigenvalue weighted by molar-refractivity contribution is 5.78. The molecule has 1 aromatic carbocycles. The van der Waals surface area contributed by atoms with Crippen LogP contribution in [0.5, 0.6) is 0 Å². The maximum absolute atomic E-state index is 12.4. The maximum Gasteiger partial charge on any atom is 0.276 e. The van der Waals surface area contributed by atoms with E-state index in [-0.39, 0.29) is 23.9 Å². The first kappa shape index (κ1) is 18.1. The molecule has 3 rings (SSSR count). The molecule has 1 aliphatic carbocycles. The molecule has 2 aromatic rings. The third-order valence-corrected chi connectivity index (χ3v) is 5.02. The number of carbonyl (C=O) groups is 1. The van der Waals surface area contributed by atoms with Gasteiger partial charge >= 0.3 is 0 Å². The average Bonchev–Trinajstić information content (AvgIpc) is 3.46. The number of carbonyl (C=O) groups excluding carboxylic acids is 1. The Hall–Kier alpha value is -2.72. The lowest BCUT2D eigenvalue weighted by atomic mass is 9.98. The largest absolute Gasteiger partial charge is 0.333 e. The van der Waals surface area contributed by atoms with E-state index in [1.54, 1.807) is 25.1 Å². The zero-order valence-corrected chi connectivity index (χ0v) is 15.1. The van der Waals surface area contributed by atoms with Crippen LogP contribution in [0.3, 0.4) is 0 Å². The van der Waals surface area contributed by atoms with Gasteiger partial charge in [0, 0.05) is 0 Å². The van der Waals surface area contributed by atoms with Gasteiger partial charge in [0.25, 0.3) is 11.5 Å². The smallest absolute Gasteiger partial charge is 0.276 e. The van der Waals surface area contributed by atoms with Gasteiger partial charge in [0.15, 0.2) is 12.4 Å². The number of aromatic amines is 1. The first-order chi connectivity index (χ1) is 12.4. The second kappa shape index (κ2) is 7.26. The van der Waals surface area contributed by atoms with Crippen LogP contribution in [-0.4, -0.2) is 34.5 Å². The van der Waals surface area contributed by atoms with Gasteiger partial charge in [0.2, 0.25) is 0 Å². The van der Waals surface area contributed by atoms with Crippen molar-refractivity contribution in [2.45, 2.75) is 38.8 Å². The van der Waals surface area contributed by atoms with Crippen molar-refractivity contribution in [2.24, 2.45) is 5.92 Å². The summed E-state index contributed by atoms with van der Waals surface area (Å²) in [5, 5.41) is 12.8. The number of likely N-dealkylation sites (N-methyl/N-ethyl adjacent to an activating group) is 1. The maximum atomic E-state index is 12.4. The van der Waals surface area contributed by atoms with E-state index in [0.717, 1.165) is 17.7 Å². The van der Waals surface area contributed by atoms with Gasteiger partial charge in [-0.2, -0.15) is 5.26 Å². The van der Waals surface area contributed by atoms with Crippen molar-refractivity contribution < 1.29 is 9.69 Å². The van der Waals surface area contributed by atoms with Crippen LogP contribution >= 0.6 is 0 Å². The zero-order chi connectivity index (χ0) is 18.7. The van der Waals surface area contributed by atoms with Gasteiger partial charge < -0.3 is 15.2 Å². The minimum absolute atomic E-state index is 0.152. The Morgan fingerprint density at radius 2 is 2.19 bits per heavy atom. The van der Waals surface area contributed by atoms with Crippen LogP contribution in [0.4, 0.5) is 0 Å². The predicted octanol–water partition coefficient (Wildman–Crippen LogP) is 0.136. The zero-order valence-electron chi connectivity index (χ0n) is 15.1. The monoisotopic (exact) mass is 354 g/mol. The number of benzene rings is 1. The lowest BCUT2D eigenvalue weighted by Crippen LogP contribution is -3.11. The fourth-order valence-corrected chi connectivity index (χ4v) is 3.21. The molecular weight excluding hydrogens is 330 g/mol. The summed E-state index contributed by atoms with van der Waals surface area (Å²) in [6.45, 7) is 5.15. The number of hydrogen-bond acceptors (Lipinski definition) is 4. The molecule has 0 spiro atoms. The first-order valence-electron chi connectivity index (χ1n) is 8.99. The van der Waals surface area contributed by atoms with Gasteiger partial charge in [-0.3, -0.25) is 9.59 Å². The van der Waals surface area contributed by atoms with Gasteiger partial charge in [-0.1, -0.05) is 12.1 Å². The molecular formula is C19H24N5O2+. The number of nitrogens with zero attached hydrogens (tertiary/aromatic N) is 2. The van der Waals surface area contributed by atoms with Gasteiger partial charge in [-0.15, -0.1) is 0 Å². The molecule has 1 saturated carbocycles. The summed E-state index contributed by atoms with van der Waals surface area (Å²) in [6.07, 6.45) is 1.97. The Bertz CT molecular complexity index is 912. The van der Waals surface area contributed by atoms with Gasteiger partial charge in [-0.25, -0.2) is 4.98 Å². The Morgan fingerprint density at radius 1 is 1.46 bits per heavy atom. The molecule has 0 radical (unpaired) electrons. The van der Waals surface area contributed by atoms with Crippen LogP contribution in [0.25, 0.3) is 10.9 Å². The number of hydrogen-bond donors (Lipinski definition) is 3. The topological polar surface area (TPSA) is 103 Å². The van der Waals surface area contributed by atoms with Gasteiger partial charge in [-0.05, 0) is 44.7 Å². The standard InChI is InChI=1S/C19H23N5O2/c1-3-24(11-17(25)23-19(2,12-20)13-8-9-13)10-16-21-15-7-5-4-6-14(15)18(26)22-16/h4-7,13H,3,8-11H2,1-2H3,(H,23,25)(H,21,22,26)/p+1/t19-/m0/s1. The van der Waals surface area contributed by atoms with Crippen LogP contribution in [0, 0.1) is 17.2 Å². The molecule has 0 saturated heterocycles. The average molecular weight is 354 g/mol. The highest BCUT2D eigenvalue weighted by Crippen LogP contribution is 2.39. The first-order valence-corrected chi connectivity index (χ1v) is 8.99. The van der Waals surface area contributed by atoms with E-state index in [1.165, 1.54) is 0 Å². The second-order valence-corrected chi connectivity index (χ2v) is 7.12. The molecule has 1 unspecified atom stereocenters. The van der Waals surface area contributed by atoms with Crippen molar-refractivity contribution >= 4 is 16.8 Å². The van der Waals surface area contributed by atoms with E-state index in [0.29, 0.717) is 29.8 Å². The second-order valence-electron chi connectivity index (χ2n) is 7.12. The summed E-state index contributed by atoms with van der Waals surface area (Å²) < 4.78 is 0. The molecule has 1 amide bonds. The number of rotatable bonds is 7. The molecule has 1 fully saturated rings. The molecule has 136 valence electrons. The molecule has 1 aliphatic rings. The lowest BCUT2D eigenvalue weighted by Gasteiger charge is -2.24. The van der Waals surface area contributed by atoms with Crippen molar-refractivity contribution in [1.82, 2.24) is 15.3 Å². The number of quaternary nitrogens is 1. The van der Waals surface area contributed by atoms with Crippen LogP contribution in [-0.2, 0) is 11.3 Å². The van der Waals surface area contributed by atoms with Gasteiger partial charge in [0.1, 0.15) is 12.1 Å². The SMILES string of the molecule is CC[NH+](CC(=O)N[C@@](C)(C#N)C1CC1)Cc1nc2ccccc2c(=O)[nH]1. The number of fused-ring (bicyclic) bond motifs is 1. The summed E-state index contributed by atoms with van der Waals surface area (Å²) in [5.41, 5.74) is -0.306. The highest BCUT2D eigenvalue weighted by atomic mass is 16.2. The van der Waals surface area contributed by atoms with E-state index in [4.69, 9.17) is 0 Å². The molecule has 7 heteroatoms. The third-order valence-electron chi connectivity index (χ3n) is 5.02. The fraction of sp³-hybridized carbons (Fsp3) is 0.474. The van der Waals surface area contributed by atoms with E-state index in [9.17, 15) is 14.9 Å². The molecule has 1 aromatic heterocycles. The van der Waals surface area contributed by atoms with Gasteiger partial charge in [0.05, 0.1) is 23.5 Å². The van der Waals surface area contributed by atoms with E-state index in [1.807, 2.05) is 13.0 Å². The van der Waals surface area contributed by atoms with Crippen LogP contribution in [0.2, 0.25) is 0 Å². The molecule has 0 aliphatic heterocycles. The number of H-pyrrole nitrogens is 1. The number of aromatic nitrogens is 2. The normalized spacial score (nSPS) is 17.3. The molecule has 1 heterocycles. The van der Waals surface area contributed by atoms with Crippen LogP contribution in [0.1, 0.15) is 32.5 Å². The van der Waals surface area contributed by atoms with Crippen molar-refractivity contribution in [1.29, 1.82) is 5.26 Å². The van der Waals surface area contributed by atoms with Crippen molar-refractivity contribution in [3.05, 3.63) is 40.4 Å². The molecule has 2 atom stereocenters. The Kier molecular flexibility index (Phi) is 5.05. The van der Waals surface area contributed by atoms with Crippen LogP contribution in [0.15, 0.2) is 29.1 Å². The summed E-state index contributed by atoms with van der Waals surface area (Å²) in [6, 6.07) is 9.43. The van der Waals surface area contributed by atoms with E-state index in [2.05, 4.69) is 21.4 Å². The number of nitriles is 1. The minimum Gasteiger partial charge on any atom is -0.333 e. The summed E-state index contributed by atoms with van der Waals surface area (Å²) >= 11 is 0. The van der Waals surface area contributed by atoms with Crippen molar-refractivity contribution in [3.63, 3.8) is 0 Å². The van der Waals surface area contributed by atoms with E-state index >= 15 is 0 Å². The minimum atomic E-state index is -0.786. The third kappa shape index (κ3) is 3.92. The summed E-state index contributed by atoms with van der Waals surface area (Å²) in [7, 11) is 0. The Labute approximate surface area is 152 Å². The summed E-state index contributed by atoms with van der Waals surface area (Å²) in [4.78, 5) is 32.9. The number of para-hydroxylation sites is 1. The molecule has 3 N–H and O–H groups in total. The predicted molar refractivity (Wildman–Crippen MR) is 97.3 cm³/mol. The molecule has 7 nitrogen and oxygen atoms in total. The highest BCUT2D eigenvalue weighted by Gasteiger charge is 2.43. The van der Waals surface area contributed by atoms with E-state index < -0.39 is 5.54 Å². The fourth-order valence-electron chi connectivity index (χ4n) is 3.21. The summed E-state index contributed by atoms with van der Waals surface area (Å²) in [5.74, 6) is 0.657. The number of nitrogens with one attached hydrogen (secondary N) is 3. The number of amides is 1. The quantitative estimate of drug-likeness (QED) is 0.658. The lowest BCUT2D eigenvalue weighted by molar-refractivity contribution is -0.904. The molecule has 0 bridgehead atoms. The Balaban J connectivity index is 1.69. The molecule has 26 heavy (non-hydrogen) atoms. The Morgan fingerprint density at radius 3 is 2.85 bits per heavy atom.